The van der Waals surface area contributed by atoms with Crippen LogP contribution in [0.15, 0.2) is 36.4 Å². The Morgan fingerprint density at radius 2 is 1.26 bits per heavy atom. The Kier molecular flexibility index (Phi) is 10.1. The van der Waals surface area contributed by atoms with Crippen molar-refractivity contribution in [3.8, 4) is 23.0 Å². The van der Waals surface area contributed by atoms with E-state index >= 15 is 0 Å². The van der Waals surface area contributed by atoms with E-state index in [1.165, 1.54) is 34.5 Å². The second-order valence-electron chi connectivity index (χ2n) is 5.93. The lowest BCUT2D eigenvalue weighted by Crippen LogP contribution is -2.25. The van der Waals surface area contributed by atoms with E-state index < -0.39 is 11.9 Å². The minimum absolute atomic E-state index is 0.0486. The molecule has 0 heterocycles. The lowest BCUT2D eigenvalue weighted by atomic mass is 10.2. The number of nitrogens with zero attached hydrogens (tertiary/aromatic N) is 1. The summed E-state index contributed by atoms with van der Waals surface area (Å²) < 4.78 is 24.6. The SMILES string of the molecule is COC(=O)c1c(O)cccc1OC.COC(=O)c1c(OC)cccc1OC(=S)N(C)C. The second kappa shape index (κ2) is 12.2. The molecule has 0 aliphatic rings. The van der Waals surface area contributed by atoms with Gasteiger partial charge < -0.3 is 33.7 Å². The van der Waals surface area contributed by atoms with Crippen molar-refractivity contribution in [3.05, 3.63) is 47.5 Å². The molecular weight excluding hydrogens is 426 g/mol. The molecule has 1 N–H and O–H groups in total. The first-order chi connectivity index (χ1) is 14.7. The Balaban J connectivity index is 0.000000327. The first-order valence-corrected chi connectivity index (χ1v) is 9.21. The highest BCUT2D eigenvalue weighted by molar-refractivity contribution is 7.80. The first kappa shape index (κ1) is 25.5. The van der Waals surface area contributed by atoms with Crippen molar-refractivity contribution in [1.29, 1.82) is 0 Å². The third kappa shape index (κ3) is 6.75. The third-order valence-corrected chi connectivity index (χ3v) is 4.22. The number of phenols is 1. The number of esters is 2. The number of methoxy groups -OCH3 is 4. The fourth-order valence-corrected chi connectivity index (χ4v) is 2.34. The van der Waals surface area contributed by atoms with E-state index in [-0.39, 0.29) is 22.1 Å². The molecule has 168 valence electrons. The fourth-order valence-electron chi connectivity index (χ4n) is 2.25. The normalized spacial score (nSPS) is 9.48. The van der Waals surface area contributed by atoms with Crippen LogP contribution >= 0.6 is 12.2 Å². The molecule has 9 nitrogen and oxygen atoms in total. The van der Waals surface area contributed by atoms with E-state index in [4.69, 9.17) is 31.2 Å². The van der Waals surface area contributed by atoms with Crippen LogP contribution < -0.4 is 14.2 Å². The summed E-state index contributed by atoms with van der Waals surface area (Å²) in [5.74, 6) is -0.321. The number of aromatic hydroxyl groups is 1. The van der Waals surface area contributed by atoms with Crippen LogP contribution in [0.4, 0.5) is 0 Å². The van der Waals surface area contributed by atoms with Crippen molar-refractivity contribution in [2.45, 2.75) is 0 Å². The average molecular weight is 451 g/mol. The van der Waals surface area contributed by atoms with Gasteiger partial charge in [0.05, 0.1) is 28.4 Å². The largest absolute Gasteiger partial charge is 0.507 e. The molecule has 0 atom stereocenters. The van der Waals surface area contributed by atoms with Crippen molar-refractivity contribution in [3.63, 3.8) is 0 Å². The molecule has 0 radical (unpaired) electrons. The van der Waals surface area contributed by atoms with Gasteiger partial charge in [0.2, 0.25) is 0 Å². The summed E-state index contributed by atoms with van der Waals surface area (Å²) >= 11 is 5.03. The summed E-state index contributed by atoms with van der Waals surface area (Å²) in [7, 11) is 8.93. The van der Waals surface area contributed by atoms with Crippen LogP contribution in [0.25, 0.3) is 0 Å². The molecule has 10 heteroatoms. The van der Waals surface area contributed by atoms with Gasteiger partial charge in [0.25, 0.3) is 5.17 Å². The van der Waals surface area contributed by atoms with Crippen molar-refractivity contribution >= 4 is 29.3 Å². The van der Waals surface area contributed by atoms with E-state index in [1.807, 2.05) is 0 Å². The molecule has 2 rings (SSSR count). The van der Waals surface area contributed by atoms with Gasteiger partial charge in [0.15, 0.2) is 0 Å². The second-order valence-corrected chi connectivity index (χ2v) is 6.28. The topological polar surface area (TPSA) is 104 Å². The monoisotopic (exact) mass is 451 g/mol. The molecule has 0 unspecified atom stereocenters. The van der Waals surface area contributed by atoms with Crippen LogP contribution in [0.5, 0.6) is 23.0 Å². The van der Waals surface area contributed by atoms with Crippen LogP contribution in [-0.2, 0) is 9.47 Å². The number of phenolic OH excluding ortho intramolecular Hbond substituents is 1. The maximum Gasteiger partial charge on any atom is 0.345 e. The Morgan fingerprint density at radius 1 is 0.806 bits per heavy atom. The minimum Gasteiger partial charge on any atom is -0.507 e. The molecule has 0 aromatic heterocycles. The zero-order chi connectivity index (χ0) is 23.6. The van der Waals surface area contributed by atoms with E-state index in [1.54, 1.807) is 49.3 Å². The zero-order valence-corrected chi connectivity index (χ0v) is 18.9. The molecule has 0 saturated heterocycles. The quantitative estimate of drug-likeness (QED) is 0.539. The van der Waals surface area contributed by atoms with Crippen molar-refractivity contribution < 1.29 is 38.4 Å². The van der Waals surface area contributed by atoms with Gasteiger partial charge in [-0.05, 0) is 36.5 Å². The molecular formula is C21H25NO8S. The third-order valence-electron chi connectivity index (χ3n) is 3.77. The van der Waals surface area contributed by atoms with Crippen LogP contribution in [0.2, 0.25) is 0 Å². The molecule has 0 saturated carbocycles. The number of rotatable bonds is 5. The average Bonchev–Trinajstić information content (AvgIpc) is 2.77. The molecule has 0 aliphatic heterocycles. The number of hydrogen-bond acceptors (Lipinski definition) is 9. The molecule has 0 spiro atoms. The van der Waals surface area contributed by atoms with Gasteiger partial charge in [0, 0.05) is 14.1 Å². The summed E-state index contributed by atoms with van der Waals surface area (Å²) in [4.78, 5) is 24.5. The summed E-state index contributed by atoms with van der Waals surface area (Å²) in [6.45, 7) is 0. The van der Waals surface area contributed by atoms with Crippen molar-refractivity contribution in [2.75, 3.05) is 42.5 Å². The fraction of sp³-hybridized carbons (Fsp3) is 0.286. The molecule has 2 aromatic carbocycles. The van der Waals surface area contributed by atoms with Crippen LogP contribution in [0, 0.1) is 0 Å². The smallest absolute Gasteiger partial charge is 0.345 e. The summed E-state index contributed by atoms with van der Waals surface area (Å²) in [5, 5.41) is 9.59. The van der Waals surface area contributed by atoms with Gasteiger partial charge in [0.1, 0.15) is 34.1 Å². The van der Waals surface area contributed by atoms with Gasteiger partial charge in [-0.2, -0.15) is 0 Å². The first-order valence-electron chi connectivity index (χ1n) is 8.80. The molecule has 0 fully saturated rings. The molecule has 0 bridgehead atoms. The Bertz CT molecular complexity index is 930. The Hall–Kier alpha value is -3.53. The number of thiocarbonyl (C=S) groups is 1. The zero-order valence-electron chi connectivity index (χ0n) is 18.1. The van der Waals surface area contributed by atoms with Gasteiger partial charge in [-0.15, -0.1) is 0 Å². The molecule has 2 aromatic rings. The molecule has 0 aliphatic carbocycles. The number of ether oxygens (including phenoxy) is 5. The minimum atomic E-state index is -0.616. The van der Waals surface area contributed by atoms with Crippen LogP contribution in [0.1, 0.15) is 20.7 Å². The Morgan fingerprint density at radius 3 is 1.74 bits per heavy atom. The highest BCUT2D eigenvalue weighted by Crippen LogP contribution is 2.29. The molecule has 31 heavy (non-hydrogen) atoms. The highest BCUT2D eigenvalue weighted by Gasteiger charge is 2.20. The van der Waals surface area contributed by atoms with Crippen LogP contribution in [-0.4, -0.2) is 69.7 Å². The predicted molar refractivity (Wildman–Crippen MR) is 117 cm³/mol. The van der Waals surface area contributed by atoms with E-state index in [0.717, 1.165) is 0 Å². The Labute approximate surface area is 186 Å². The number of hydrogen-bond donors (Lipinski definition) is 1. The van der Waals surface area contributed by atoms with Gasteiger partial charge in [-0.1, -0.05) is 12.1 Å². The lowest BCUT2D eigenvalue weighted by Gasteiger charge is -2.17. The van der Waals surface area contributed by atoms with Crippen molar-refractivity contribution in [1.82, 2.24) is 4.90 Å². The number of benzene rings is 2. The van der Waals surface area contributed by atoms with E-state index in [2.05, 4.69) is 4.74 Å². The summed E-state index contributed by atoms with van der Waals surface area (Å²) in [6, 6.07) is 9.54. The van der Waals surface area contributed by atoms with Crippen molar-refractivity contribution in [2.24, 2.45) is 0 Å². The van der Waals surface area contributed by atoms with E-state index in [9.17, 15) is 14.7 Å². The standard InChI is InChI=1S/C12H15NO4S.C9H10O4/c1-13(2)12(18)17-9-7-5-6-8(15-3)10(9)11(14)16-4;1-12-7-5-3-4-6(10)8(7)9(11)13-2/h5-7H,1-4H3;3-5,10H,1-2H3. The van der Waals surface area contributed by atoms with Gasteiger partial charge >= 0.3 is 11.9 Å². The number of carbonyl (C=O) groups is 2. The molecule has 0 amide bonds. The summed E-state index contributed by atoms with van der Waals surface area (Å²) in [5.41, 5.74) is 0.263. The lowest BCUT2D eigenvalue weighted by molar-refractivity contribution is 0.0584. The highest BCUT2D eigenvalue weighted by atomic mass is 32.1. The maximum atomic E-state index is 11.7. The number of carbonyl (C=O) groups excluding carboxylic acids is 2. The predicted octanol–water partition coefficient (Wildman–Crippen LogP) is 2.89. The van der Waals surface area contributed by atoms with Gasteiger partial charge in [-0.3, -0.25) is 0 Å². The van der Waals surface area contributed by atoms with Gasteiger partial charge in [-0.25, -0.2) is 9.59 Å². The van der Waals surface area contributed by atoms with E-state index in [0.29, 0.717) is 17.2 Å². The van der Waals surface area contributed by atoms with Crippen LogP contribution in [0.3, 0.4) is 0 Å². The summed E-state index contributed by atoms with van der Waals surface area (Å²) in [6.07, 6.45) is 0. The maximum absolute atomic E-state index is 11.7.